The first-order chi connectivity index (χ1) is 15.9. The maximum atomic E-state index is 15.0. The van der Waals surface area contributed by atoms with E-state index in [1.54, 1.807) is 0 Å². The molecule has 2 aromatic rings. The van der Waals surface area contributed by atoms with Crippen molar-refractivity contribution in [1.29, 1.82) is 0 Å². The highest BCUT2D eigenvalue weighted by Gasteiger charge is 2.40. The second-order valence-corrected chi connectivity index (χ2v) is 11.5. The molecular weight excluding hydrogens is 461 g/mol. The van der Waals surface area contributed by atoms with Crippen LogP contribution in [0, 0.1) is 17.7 Å². The summed E-state index contributed by atoms with van der Waals surface area (Å²) in [7, 11) is -4.35. The van der Waals surface area contributed by atoms with Gasteiger partial charge in [-0.3, -0.25) is 4.79 Å². The van der Waals surface area contributed by atoms with E-state index in [1.807, 2.05) is 30.4 Å². The van der Waals surface area contributed by atoms with Crippen LogP contribution in [-0.4, -0.2) is 42.5 Å². The van der Waals surface area contributed by atoms with Gasteiger partial charge in [0, 0.05) is 12.1 Å². The van der Waals surface area contributed by atoms with E-state index in [1.165, 1.54) is 18.2 Å². The first-order valence-electron chi connectivity index (χ1n) is 11.3. The summed E-state index contributed by atoms with van der Waals surface area (Å²) in [5, 5.41) is -0.413. The van der Waals surface area contributed by atoms with E-state index in [0.29, 0.717) is 18.4 Å². The first kappa shape index (κ1) is 24.2. The molecule has 9 nitrogen and oxygen atoms in total. The average Bonchev–Trinajstić information content (AvgIpc) is 3.54. The van der Waals surface area contributed by atoms with Gasteiger partial charge in [-0.15, -0.1) is 0 Å². The van der Waals surface area contributed by atoms with Crippen LogP contribution < -0.4 is 20.1 Å². The van der Waals surface area contributed by atoms with Gasteiger partial charge in [-0.05, 0) is 70.1 Å². The van der Waals surface area contributed by atoms with E-state index in [-0.39, 0.29) is 34.7 Å². The largest absolute Gasteiger partial charge is 0.472 e. The second kappa shape index (κ2) is 8.68. The van der Waals surface area contributed by atoms with E-state index in [2.05, 4.69) is 16.9 Å². The number of carbonyl (C=O) groups is 1. The van der Waals surface area contributed by atoms with E-state index >= 15 is 4.39 Å². The Kier molecular flexibility index (Phi) is 6.17. The number of sulfonamides is 1. The number of hydrogen-bond donors (Lipinski definition) is 2. The summed E-state index contributed by atoms with van der Waals surface area (Å²) < 4.78 is 48.3. The standard InChI is InChI=1S/C23H30FN5O4S/c1-13-11-23(3,4)29(12-13)20-16(10-17(24)22(27-20)33-14(2)15-8-9-15)21(30)28-34(31,32)19-7-5-6-18(25)26-19/h5-7,10,13-15H,8-9,11-12H2,1-4H3,(H2,25,26)(H,28,30). The first-order valence-corrected chi connectivity index (χ1v) is 12.8. The number of halogens is 1. The van der Waals surface area contributed by atoms with Crippen LogP contribution in [0.3, 0.4) is 0 Å². The smallest absolute Gasteiger partial charge is 0.281 e. The van der Waals surface area contributed by atoms with Crippen molar-refractivity contribution in [2.75, 3.05) is 17.2 Å². The van der Waals surface area contributed by atoms with Gasteiger partial charge in [0.25, 0.3) is 21.8 Å². The summed E-state index contributed by atoms with van der Waals surface area (Å²) in [6, 6.07) is 5.05. The monoisotopic (exact) mass is 491 g/mol. The number of nitrogens with two attached hydrogens (primary N) is 1. The van der Waals surface area contributed by atoms with Gasteiger partial charge in [0.05, 0.1) is 5.56 Å². The van der Waals surface area contributed by atoms with Crippen LogP contribution in [0.4, 0.5) is 16.0 Å². The number of rotatable bonds is 7. The number of pyridine rings is 2. The number of anilines is 2. The van der Waals surface area contributed by atoms with Crippen LogP contribution in [0.1, 0.15) is 57.3 Å². The molecule has 2 fully saturated rings. The molecule has 3 heterocycles. The minimum absolute atomic E-state index is 0.0113. The molecule has 0 bridgehead atoms. The lowest BCUT2D eigenvalue weighted by Crippen LogP contribution is -2.41. The van der Waals surface area contributed by atoms with E-state index in [4.69, 9.17) is 10.5 Å². The van der Waals surface area contributed by atoms with Crippen molar-refractivity contribution in [3.63, 3.8) is 0 Å². The molecule has 1 aliphatic heterocycles. The fourth-order valence-electron chi connectivity index (χ4n) is 4.53. The predicted octanol–water partition coefficient (Wildman–Crippen LogP) is 3.12. The highest BCUT2D eigenvalue weighted by atomic mass is 32.2. The normalized spacial score (nSPS) is 20.7. The van der Waals surface area contributed by atoms with Crippen molar-refractivity contribution in [3.8, 4) is 5.88 Å². The van der Waals surface area contributed by atoms with Crippen LogP contribution in [-0.2, 0) is 10.0 Å². The van der Waals surface area contributed by atoms with Crippen molar-refractivity contribution < 1.29 is 22.3 Å². The third-order valence-electron chi connectivity index (χ3n) is 6.33. The SMILES string of the molecule is CC1CN(c2nc(OC(C)C3CC3)c(F)cc2C(=O)NS(=O)(=O)c2cccc(N)n2)C(C)(C)C1. The van der Waals surface area contributed by atoms with Crippen molar-refractivity contribution in [1.82, 2.24) is 14.7 Å². The maximum Gasteiger partial charge on any atom is 0.281 e. The van der Waals surface area contributed by atoms with Crippen molar-refractivity contribution in [2.45, 2.75) is 63.6 Å². The average molecular weight is 492 g/mol. The summed E-state index contributed by atoms with van der Waals surface area (Å²) in [5.74, 6) is -1.21. The van der Waals surface area contributed by atoms with Gasteiger partial charge in [0.2, 0.25) is 0 Å². The molecule has 184 valence electrons. The Morgan fingerprint density at radius 3 is 2.62 bits per heavy atom. The summed E-state index contributed by atoms with van der Waals surface area (Å²) in [4.78, 5) is 23.3. The van der Waals surface area contributed by atoms with E-state index in [0.717, 1.165) is 25.3 Å². The Bertz CT molecular complexity index is 1220. The molecule has 0 aromatic carbocycles. The topological polar surface area (TPSA) is 128 Å². The van der Waals surface area contributed by atoms with Crippen LogP contribution in [0.25, 0.3) is 0 Å². The lowest BCUT2D eigenvalue weighted by Gasteiger charge is -2.34. The summed E-state index contributed by atoms with van der Waals surface area (Å²) >= 11 is 0. The lowest BCUT2D eigenvalue weighted by atomic mass is 9.97. The van der Waals surface area contributed by atoms with Crippen LogP contribution in [0.15, 0.2) is 29.3 Å². The predicted molar refractivity (Wildman–Crippen MR) is 126 cm³/mol. The quantitative estimate of drug-likeness (QED) is 0.605. The maximum absolute atomic E-state index is 15.0. The highest BCUT2D eigenvalue weighted by molar-refractivity contribution is 7.90. The van der Waals surface area contributed by atoms with Crippen molar-refractivity contribution >= 4 is 27.6 Å². The van der Waals surface area contributed by atoms with Gasteiger partial charge in [-0.1, -0.05) is 13.0 Å². The number of ether oxygens (including phenoxy) is 1. The fourth-order valence-corrected chi connectivity index (χ4v) is 5.47. The Balaban J connectivity index is 1.73. The number of nitrogen functional groups attached to an aromatic ring is 1. The molecule has 11 heteroatoms. The Morgan fingerprint density at radius 1 is 1.32 bits per heavy atom. The molecule has 0 radical (unpaired) electrons. The number of amides is 1. The van der Waals surface area contributed by atoms with E-state index < -0.39 is 26.8 Å². The third-order valence-corrected chi connectivity index (χ3v) is 7.56. The summed E-state index contributed by atoms with van der Waals surface area (Å²) in [6.07, 6.45) is 2.65. The molecule has 2 aromatic heterocycles. The number of aromatic nitrogens is 2. The molecule has 1 saturated carbocycles. The molecule has 3 N–H and O–H groups in total. The fraction of sp³-hybridized carbons (Fsp3) is 0.522. The molecule has 0 spiro atoms. The van der Waals surface area contributed by atoms with Gasteiger partial charge in [0.1, 0.15) is 17.7 Å². The highest BCUT2D eigenvalue weighted by Crippen LogP contribution is 2.40. The Labute approximate surface area is 199 Å². The van der Waals surface area contributed by atoms with Gasteiger partial charge in [-0.25, -0.2) is 14.1 Å². The molecule has 4 rings (SSSR count). The van der Waals surface area contributed by atoms with Crippen molar-refractivity contribution in [3.05, 3.63) is 35.6 Å². The number of hydrogen-bond acceptors (Lipinski definition) is 8. The Morgan fingerprint density at radius 2 is 2.03 bits per heavy atom. The molecule has 34 heavy (non-hydrogen) atoms. The summed E-state index contributed by atoms with van der Waals surface area (Å²) in [5.41, 5.74) is 5.00. The number of nitrogens with zero attached hydrogens (tertiary/aromatic N) is 3. The molecular formula is C23H30FN5O4S. The van der Waals surface area contributed by atoms with Crippen LogP contribution in [0.5, 0.6) is 5.88 Å². The van der Waals surface area contributed by atoms with Gasteiger partial charge < -0.3 is 15.4 Å². The minimum atomic E-state index is -4.35. The van der Waals surface area contributed by atoms with Gasteiger partial charge in [0.15, 0.2) is 10.8 Å². The zero-order valence-corrected chi connectivity index (χ0v) is 20.5. The van der Waals surface area contributed by atoms with Crippen LogP contribution >= 0.6 is 0 Å². The van der Waals surface area contributed by atoms with Gasteiger partial charge >= 0.3 is 0 Å². The number of nitrogens with one attached hydrogen (secondary N) is 1. The second-order valence-electron chi connectivity index (χ2n) is 9.87. The molecule has 1 aliphatic carbocycles. The molecule has 1 amide bonds. The molecule has 2 atom stereocenters. The number of carbonyl (C=O) groups excluding carboxylic acids is 1. The van der Waals surface area contributed by atoms with Gasteiger partial charge in [-0.2, -0.15) is 13.4 Å². The summed E-state index contributed by atoms with van der Waals surface area (Å²) in [6.45, 7) is 8.53. The Hall–Kier alpha value is -2.95. The zero-order valence-electron chi connectivity index (χ0n) is 19.7. The van der Waals surface area contributed by atoms with Crippen LogP contribution in [0.2, 0.25) is 0 Å². The van der Waals surface area contributed by atoms with E-state index in [9.17, 15) is 13.2 Å². The third kappa shape index (κ3) is 4.94. The van der Waals surface area contributed by atoms with Crippen molar-refractivity contribution in [2.24, 2.45) is 11.8 Å². The molecule has 2 aliphatic rings. The molecule has 1 saturated heterocycles. The lowest BCUT2D eigenvalue weighted by molar-refractivity contribution is 0.0980. The minimum Gasteiger partial charge on any atom is -0.472 e. The zero-order chi connectivity index (χ0) is 24.8. The molecule has 2 unspecified atom stereocenters.